The molecule has 1 unspecified atom stereocenters. The van der Waals surface area contributed by atoms with Crippen molar-refractivity contribution < 1.29 is 9.66 Å². The Morgan fingerprint density at radius 1 is 1.35 bits per heavy atom. The summed E-state index contributed by atoms with van der Waals surface area (Å²) in [6, 6.07) is 5.22. The Hall–Kier alpha value is -2.77. The number of nitro groups is 1. The van der Waals surface area contributed by atoms with Crippen LogP contribution in [0.1, 0.15) is 18.7 Å². The van der Waals surface area contributed by atoms with Crippen molar-refractivity contribution in [2.24, 2.45) is 0 Å². The number of ether oxygens (including phenoxy) is 1. The molecule has 0 aromatic carbocycles. The van der Waals surface area contributed by atoms with E-state index in [1.165, 1.54) is 13.4 Å². The molecule has 0 bridgehead atoms. The molecular weight excluding hydrogens is 262 g/mol. The number of hydrogen-bond acceptors (Lipinski definition) is 7. The van der Waals surface area contributed by atoms with Gasteiger partial charge < -0.3 is 10.1 Å². The monoisotopic (exact) mass is 275 g/mol. The number of methoxy groups -OCH3 is 1. The number of hydrogen-bond donors (Lipinski definition) is 1. The largest absolute Gasteiger partial charge is 0.476 e. The summed E-state index contributed by atoms with van der Waals surface area (Å²) >= 11 is 0. The van der Waals surface area contributed by atoms with Gasteiger partial charge in [0.1, 0.15) is 6.33 Å². The van der Waals surface area contributed by atoms with E-state index in [9.17, 15) is 10.1 Å². The number of anilines is 1. The van der Waals surface area contributed by atoms with Gasteiger partial charge in [-0.25, -0.2) is 4.98 Å². The Bertz CT molecular complexity index is 605. The molecule has 0 amide bonds. The van der Waals surface area contributed by atoms with E-state index in [0.717, 1.165) is 5.69 Å². The summed E-state index contributed by atoms with van der Waals surface area (Å²) in [7, 11) is 1.32. The molecule has 1 atom stereocenters. The molecule has 0 aliphatic heterocycles. The highest BCUT2D eigenvalue weighted by Gasteiger charge is 2.25. The van der Waals surface area contributed by atoms with E-state index in [-0.39, 0.29) is 23.4 Å². The molecule has 8 heteroatoms. The first kappa shape index (κ1) is 13.7. The zero-order valence-electron chi connectivity index (χ0n) is 11.0. The first-order valence-electron chi connectivity index (χ1n) is 5.84. The van der Waals surface area contributed by atoms with Crippen molar-refractivity contribution >= 4 is 11.5 Å². The second-order valence-corrected chi connectivity index (χ2v) is 3.96. The molecule has 1 N–H and O–H groups in total. The maximum absolute atomic E-state index is 11.1. The summed E-state index contributed by atoms with van der Waals surface area (Å²) in [6.45, 7) is 1.83. The zero-order chi connectivity index (χ0) is 14.5. The lowest BCUT2D eigenvalue weighted by atomic mass is 10.2. The number of nitrogens with one attached hydrogen (secondary N) is 1. The highest BCUT2D eigenvalue weighted by atomic mass is 16.6. The fourth-order valence-electron chi connectivity index (χ4n) is 1.69. The number of rotatable bonds is 5. The second-order valence-electron chi connectivity index (χ2n) is 3.96. The Balaban J connectivity index is 2.32. The topological polar surface area (TPSA) is 103 Å². The summed E-state index contributed by atoms with van der Waals surface area (Å²) in [4.78, 5) is 22.3. The van der Waals surface area contributed by atoms with Crippen LogP contribution in [-0.2, 0) is 0 Å². The first-order valence-corrected chi connectivity index (χ1v) is 5.84. The molecule has 2 aromatic rings. The van der Waals surface area contributed by atoms with Crippen LogP contribution in [0.4, 0.5) is 11.5 Å². The second kappa shape index (κ2) is 5.91. The highest BCUT2D eigenvalue weighted by molar-refractivity contribution is 5.61. The fourth-order valence-corrected chi connectivity index (χ4v) is 1.69. The van der Waals surface area contributed by atoms with Gasteiger partial charge in [0.2, 0.25) is 5.82 Å². The van der Waals surface area contributed by atoms with Crippen LogP contribution in [0.15, 0.2) is 30.7 Å². The van der Waals surface area contributed by atoms with Gasteiger partial charge in [-0.1, -0.05) is 6.07 Å². The molecule has 0 aliphatic rings. The summed E-state index contributed by atoms with van der Waals surface area (Å²) < 4.78 is 4.89. The molecule has 2 heterocycles. The average molecular weight is 275 g/mol. The molecule has 0 aliphatic carbocycles. The van der Waals surface area contributed by atoms with Crippen molar-refractivity contribution in [2.75, 3.05) is 12.4 Å². The van der Waals surface area contributed by atoms with Crippen LogP contribution in [0.25, 0.3) is 0 Å². The molecule has 0 fully saturated rings. The van der Waals surface area contributed by atoms with Gasteiger partial charge in [0.05, 0.1) is 23.8 Å². The van der Waals surface area contributed by atoms with Crippen LogP contribution in [0.5, 0.6) is 5.88 Å². The van der Waals surface area contributed by atoms with Gasteiger partial charge in [0, 0.05) is 6.20 Å². The van der Waals surface area contributed by atoms with Gasteiger partial charge in [-0.05, 0) is 19.1 Å². The molecule has 0 saturated carbocycles. The van der Waals surface area contributed by atoms with E-state index in [0.29, 0.717) is 0 Å². The van der Waals surface area contributed by atoms with Crippen molar-refractivity contribution in [3.05, 3.63) is 46.5 Å². The maximum Gasteiger partial charge on any atom is 0.372 e. The van der Waals surface area contributed by atoms with Gasteiger partial charge in [-0.2, -0.15) is 4.98 Å². The minimum absolute atomic E-state index is 0.0827. The molecule has 2 rings (SSSR count). The Morgan fingerprint density at radius 2 is 2.15 bits per heavy atom. The number of aromatic nitrogens is 3. The minimum Gasteiger partial charge on any atom is -0.476 e. The van der Waals surface area contributed by atoms with E-state index < -0.39 is 4.92 Å². The third-order valence-electron chi connectivity index (χ3n) is 2.65. The van der Waals surface area contributed by atoms with Crippen molar-refractivity contribution in [2.45, 2.75) is 13.0 Å². The predicted octanol–water partition coefficient (Wildman–Crippen LogP) is 1.96. The van der Waals surface area contributed by atoms with E-state index in [2.05, 4.69) is 20.3 Å². The number of pyridine rings is 1. The van der Waals surface area contributed by atoms with E-state index >= 15 is 0 Å². The van der Waals surface area contributed by atoms with Crippen LogP contribution in [0.3, 0.4) is 0 Å². The van der Waals surface area contributed by atoms with Crippen LogP contribution >= 0.6 is 0 Å². The fraction of sp³-hybridized carbons (Fsp3) is 0.250. The normalized spacial score (nSPS) is 11.7. The van der Waals surface area contributed by atoms with Gasteiger partial charge in [-0.3, -0.25) is 15.1 Å². The van der Waals surface area contributed by atoms with Crippen molar-refractivity contribution in [3.8, 4) is 5.88 Å². The van der Waals surface area contributed by atoms with Crippen LogP contribution in [-0.4, -0.2) is 27.0 Å². The molecule has 0 spiro atoms. The lowest BCUT2D eigenvalue weighted by Crippen LogP contribution is -2.12. The number of nitrogens with zero attached hydrogens (tertiary/aromatic N) is 4. The molecule has 104 valence electrons. The van der Waals surface area contributed by atoms with Gasteiger partial charge in [0.25, 0.3) is 5.88 Å². The average Bonchev–Trinajstić information content (AvgIpc) is 2.47. The van der Waals surface area contributed by atoms with Gasteiger partial charge in [0.15, 0.2) is 0 Å². The van der Waals surface area contributed by atoms with Crippen LogP contribution in [0, 0.1) is 10.1 Å². The third kappa shape index (κ3) is 2.79. The summed E-state index contributed by atoms with van der Waals surface area (Å²) in [5, 5.41) is 14.1. The Morgan fingerprint density at radius 3 is 2.75 bits per heavy atom. The lowest BCUT2D eigenvalue weighted by molar-refractivity contribution is -0.385. The van der Waals surface area contributed by atoms with Crippen LogP contribution in [0.2, 0.25) is 0 Å². The molecule has 0 radical (unpaired) electrons. The molecule has 0 saturated heterocycles. The molecule has 2 aromatic heterocycles. The predicted molar refractivity (Wildman–Crippen MR) is 71.5 cm³/mol. The van der Waals surface area contributed by atoms with Crippen molar-refractivity contribution in [1.82, 2.24) is 15.0 Å². The van der Waals surface area contributed by atoms with E-state index in [1.807, 2.05) is 19.1 Å². The van der Waals surface area contributed by atoms with Crippen molar-refractivity contribution in [1.29, 1.82) is 0 Å². The Kier molecular flexibility index (Phi) is 4.04. The highest BCUT2D eigenvalue weighted by Crippen LogP contribution is 2.32. The van der Waals surface area contributed by atoms with Gasteiger partial charge >= 0.3 is 5.69 Å². The summed E-state index contributed by atoms with van der Waals surface area (Å²) in [6.07, 6.45) is 2.86. The molecule has 20 heavy (non-hydrogen) atoms. The molecular formula is C12H13N5O3. The van der Waals surface area contributed by atoms with Crippen LogP contribution < -0.4 is 10.1 Å². The third-order valence-corrected chi connectivity index (χ3v) is 2.65. The first-order chi connectivity index (χ1) is 9.63. The SMILES string of the molecule is COc1ncnc(NC(C)c2ccccn2)c1[N+](=O)[O-]. The lowest BCUT2D eigenvalue weighted by Gasteiger charge is -2.14. The van der Waals surface area contributed by atoms with E-state index in [1.54, 1.807) is 12.3 Å². The maximum atomic E-state index is 11.1. The zero-order valence-corrected chi connectivity index (χ0v) is 11.0. The summed E-state index contributed by atoms with van der Waals surface area (Å²) in [5.74, 6) is 0.0146. The smallest absolute Gasteiger partial charge is 0.372 e. The standard InChI is InChI=1S/C12H13N5O3/c1-8(9-5-3-4-6-13-9)16-11-10(17(18)19)12(20-2)15-7-14-11/h3-8H,1-2H3,(H,14,15,16). The summed E-state index contributed by atoms with van der Waals surface area (Å²) in [5.41, 5.74) is 0.456. The molecule has 8 nitrogen and oxygen atoms in total. The Labute approximate surface area is 115 Å². The minimum atomic E-state index is -0.577. The van der Waals surface area contributed by atoms with Crippen molar-refractivity contribution in [3.63, 3.8) is 0 Å². The quantitative estimate of drug-likeness (QED) is 0.657. The van der Waals surface area contributed by atoms with E-state index in [4.69, 9.17) is 4.74 Å². The van der Waals surface area contributed by atoms with Gasteiger partial charge in [-0.15, -0.1) is 0 Å².